The van der Waals surface area contributed by atoms with Crippen molar-refractivity contribution in [2.45, 2.75) is 19.9 Å². The molecule has 2 amide bonds. The number of rotatable bonds is 6. The van der Waals surface area contributed by atoms with Crippen LogP contribution in [0.1, 0.15) is 27.6 Å². The Morgan fingerprint density at radius 3 is 2.79 bits per heavy atom. The zero-order valence-electron chi connectivity index (χ0n) is 15.9. The van der Waals surface area contributed by atoms with Crippen LogP contribution in [0.5, 0.6) is 0 Å². The van der Waals surface area contributed by atoms with Gasteiger partial charge in [0.2, 0.25) is 5.91 Å². The van der Waals surface area contributed by atoms with Crippen LogP contribution in [-0.4, -0.2) is 26.3 Å². The molecule has 0 aliphatic carbocycles. The highest BCUT2D eigenvalue weighted by atomic mass is 32.1. The maximum absolute atomic E-state index is 12.3. The summed E-state index contributed by atoms with van der Waals surface area (Å²) in [4.78, 5) is 33.3. The third-order valence-corrected chi connectivity index (χ3v) is 5.35. The van der Waals surface area contributed by atoms with Gasteiger partial charge in [0.05, 0.1) is 41.5 Å². The van der Waals surface area contributed by atoms with Gasteiger partial charge in [-0.15, -0.1) is 11.3 Å². The van der Waals surface area contributed by atoms with Gasteiger partial charge < -0.3 is 14.3 Å². The Bertz CT molecular complexity index is 1190. The number of hydrogen-bond donors (Lipinski definition) is 2. The molecule has 8 nitrogen and oxygen atoms in total. The lowest BCUT2D eigenvalue weighted by Crippen LogP contribution is -2.26. The van der Waals surface area contributed by atoms with E-state index in [1.165, 1.54) is 17.6 Å². The molecule has 0 aliphatic heterocycles. The molecule has 0 fully saturated rings. The summed E-state index contributed by atoms with van der Waals surface area (Å²) in [5.41, 5.74) is 2.97. The zero-order chi connectivity index (χ0) is 20.4. The van der Waals surface area contributed by atoms with E-state index in [1.807, 2.05) is 35.9 Å². The van der Waals surface area contributed by atoms with Gasteiger partial charge in [0, 0.05) is 12.4 Å². The highest BCUT2D eigenvalue weighted by Crippen LogP contribution is 2.18. The van der Waals surface area contributed by atoms with Gasteiger partial charge in [-0.2, -0.15) is 0 Å². The molecule has 3 heterocycles. The Hall–Kier alpha value is -3.46. The molecule has 2 N–H and O–H groups in total. The van der Waals surface area contributed by atoms with E-state index in [1.54, 1.807) is 18.4 Å². The molecule has 148 valence electrons. The van der Waals surface area contributed by atoms with Crippen molar-refractivity contribution in [2.24, 2.45) is 7.05 Å². The van der Waals surface area contributed by atoms with Gasteiger partial charge in [-0.25, -0.2) is 9.97 Å². The van der Waals surface area contributed by atoms with Crippen LogP contribution in [0.3, 0.4) is 0 Å². The van der Waals surface area contributed by atoms with Crippen LogP contribution in [0, 0.1) is 6.92 Å². The van der Waals surface area contributed by atoms with E-state index in [9.17, 15) is 9.59 Å². The molecule has 0 atom stereocenters. The van der Waals surface area contributed by atoms with Crippen LogP contribution in [0.4, 0.5) is 5.13 Å². The first kappa shape index (κ1) is 18.9. The van der Waals surface area contributed by atoms with E-state index in [0.717, 1.165) is 16.9 Å². The summed E-state index contributed by atoms with van der Waals surface area (Å²) in [5, 5.41) is 7.79. The maximum atomic E-state index is 12.3. The van der Waals surface area contributed by atoms with Crippen molar-refractivity contribution in [1.82, 2.24) is 19.9 Å². The minimum Gasteiger partial charge on any atom is -0.469 e. The lowest BCUT2D eigenvalue weighted by molar-refractivity contribution is -0.120. The van der Waals surface area contributed by atoms with Crippen molar-refractivity contribution in [3.63, 3.8) is 0 Å². The first-order valence-corrected chi connectivity index (χ1v) is 9.86. The fourth-order valence-corrected chi connectivity index (χ4v) is 3.69. The molecule has 29 heavy (non-hydrogen) atoms. The summed E-state index contributed by atoms with van der Waals surface area (Å²) in [6.07, 6.45) is 1.59. The standard InChI is InChI=1S/C20H19N5O3S/c1-12-14(7-8-28-12)19(27)24-20-22-13(11-29-20)9-18(26)21-10-17-23-15-5-3-4-6-16(15)25(17)2/h3-8,11H,9-10H2,1-2H3,(H,21,26)(H,22,24,27). The second-order valence-corrected chi connectivity index (χ2v) is 7.38. The smallest absolute Gasteiger partial charge is 0.260 e. The minimum absolute atomic E-state index is 0.126. The second-order valence-electron chi connectivity index (χ2n) is 6.52. The summed E-state index contributed by atoms with van der Waals surface area (Å²) in [5.74, 6) is 0.872. The van der Waals surface area contributed by atoms with Crippen LogP contribution in [0.25, 0.3) is 11.0 Å². The Morgan fingerprint density at radius 2 is 2.03 bits per heavy atom. The molecule has 0 saturated heterocycles. The fraction of sp³-hybridized carbons (Fsp3) is 0.200. The predicted octanol–water partition coefficient (Wildman–Crippen LogP) is 3.04. The molecule has 1 aromatic carbocycles. The van der Waals surface area contributed by atoms with Crippen molar-refractivity contribution in [2.75, 3.05) is 5.32 Å². The number of aromatic nitrogens is 3. The number of nitrogens with zero attached hydrogens (tertiary/aromatic N) is 3. The number of aryl methyl sites for hydroxylation is 2. The van der Waals surface area contributed by atoms with Gasteiger partial charge in [-0.1, -0.05) is 12.1 Å². The fourth-order valence-electron chi connectivity index (χ4n) is 2.99. The van der Waals surface area contributed by atoms with E-state index in [2.05, 4.69) is 20.6 Å². The monoisotopic (exact) mass is 409 g/mol. The van der Waals surface area contributed by atoms with Gasteiger partial charge in [-0.3, -0.25) is 14.9 Å². The molecule has 0 aliphatic rings. The quantitative estimate of drug-likeness (QED) is 0.510. The third-order valence-electron chi connectivity index (χ3n) is 4.54. The SMILES string of the molecule is Cc1occc1C(=O)Nc1nc(CC(=O)NCc2nc3ccccc3n2C)cs1. The topological polar surface area (TPSA) is 102 Å². The van der Waals surface area contributed by atoms with E-state index in [-0.39, 0.29) is 18.2 Å². The summed E-state index contributed by atoms with van der Waals surface area (Å²) >= 11 is 1.27. The number of hydrogen-bond acceptors (Lipinski definition) is 6. The molecule has 0 saturated carbocycles. The summed E-state index contributed by atoms with van der Waals surface area (Å²) in [6.45, 7) is 2.05. The van der Waals surface area contributed by atoms with Crippen LogP contribution in [0.15, 0.2) is 46.4 Å². The van der Waals surface area contributed by atoms with Crippen molar-refractivity contribution in [1.29, 1.82) is 0 Å². The highest BCUT2D eigenvalue weighted by Gasteiger charge is 2.15. The van der Waals surface area contributed by atoms with Gasteiger partial charge in [-0.05, 0) is 25.1 Å². The maximum Gasteiger partial charge on any atom is 0.260 e. The van der Waals surface area contributed by atoms with E-state index in [4.69, 9.17) is 4.42 Å². The van der Waals surface area contributed by atoms with Crippen LogP contribution >= 0.6 is 11.3 Å². The Kier molecular flexibility index (Phi) is 5.13. The first-order chi connectivity index (χ1) is 14.0. The van der Waals surface area contributed by atoms with Crippen LogP contribution < -0.4 is 10.6 Å². The molecule has 4 rings (SSSR count). The Morgan fingerprint density at radius 1 is 1.21 bits per heavy atom. The Balaban J connectivity index is 1.33. The van der Waals surface area contributed by atoms with Gasteiger partial charge in [0.15, 0.2) is 5.13 Å². The largest absolute Gasteiger partial charge is 0.469 e. The normalized spacial score (nSPS) is 11.0. The van der Waals surface area contributed by atoms with Crippen molar-refractivity contribution in [3.05, 3.63) is 64.8 Å². The number of amides is 2. The Labute approximate surface area is 170 Å². The minimum atomic E-state index is -0.288. The second kappa shape index (κ2) is 7.88. The molecule has 4 aromatic rings. The number of carbonyl (C=O) groups is 2. The van der Waals surface area contributed by atoms with Crippen molar-refractivity contribution >= 4 is 39.3 Å². The molecule has 3 aromatic heterocycles. The predicted molar refractivity (Wildman–Crippen MR) is 110 cm³/mol. The molecular formula is C20H19N5O3S. The van der Waals surface area contributed by atoms with E-state index in [0.29, 0.717) is 28.7 Å². The number of thiazole rings is 1. The number of furan rings is 1. The molecule has 0 radical (unpaired) electrons. The molecule has 9 heteroatoms. The summed E-state index contributed by atoms with van der Waals surface area (Å²) < 4.78 is 7.10. The van der Waals surface area contributed by atoms with Crippen LogP contribution in [-0.2, 0) is 24.8 Å². The van der Waals surface area contributed by atoms with Crippen molar-refractivity contribution in [3.8, 4) is 0 Å². The summed E-state index contributed by atoms with van der Waals surface area (Å²) in [7, 11) is 1.92. The first-order valence-electron chi connectivity index (χ1n) is 8.98. The number of benzene rings is 1. The molecule has 0 unspecified atom stereocenters. The van der Waals surface area contributed by atoms with E-state index >= 15 is 0 Å². The van der Waals surface area contributed by atoms with Gasteiger partial charge in [0.1, 0.15) is 11.6 Å². The molecule has 0 bridgehead atoms. The number of fused-ring (bicyclic) bond motifs is 1. The number of nitrogens with one attached hydrogen (secondary N) is 2. The van der Waals surface area contributed by atoms with Gasteiger partial charge >= 0.3 is 0 Å². The number of para-hydroxylation sites is 2. The summed E-state index contributed by atoms with van der Waals surface area (Å²) in [6, 6.07) is 9.43. The average molecular weight is 409 g/mol. The highest BCUT2D eigenvalue weighted by molar-refractivity contribution is 7.14. The molecule has 0 spiro atoms. The number of carbonyl (C=O) groups excluding carboxylic acids is 2. The van der Waals surface area contributed by atoms with E-state index < -0.39 is 0 Å². The third kappa shape index (κ3) is 4.04. The zero-order valence-corrected chi connectivity index (χ0v) is 16.7. The van der Waals surface area contributed by atoms with Gasteiger partial charge in [0.25, 0.3) is 5.91 Å². The molecular weight excluding hydrogens is 390 g/mol. The number of anilines is 1. The van der Waals surface area contributed by atoms with Crippen LogP contribution in [0.2, 0.25) is 0 Å². The average Bonchev–Trinajstić information content (AvgIpc) is 3.40. The lowest BCUT2D eigenvalue weighted by atomic mass is 10.2. The van der Waals surface area contributed by atoms with Crippen molar-refractivity contribution < 1.29 is 14.0 Å². The lowest BCUT2D eigenvalue weighted by Gasteiger charge is -2.04. The number of imidazole rings is 1.